The molecule has 0 spiro atoms. The van der Waals surface area contributed by atoms with E-state index >= 15 is 0 Å². The zero-order chi connectivity index (χ0) is 14.4. The van der Waals surface area contributed by atoms with Gasteiger partial charge in [-0.05, 0) is 24.9 Å². The number of carbonyl (C=O) groups is 1. The molecule has 0 aliphatic carbocycles. The molecule has 0 radical (unpaired) electrons. The second-order valence-electron chi connectivity index (χ2n) is 5.02. The van der Waals surface area contributed by atoms with E-state index < -0.39 is 9.84 Å². The minimum Gasteiger partial charge on any atom is -0.354 e. The first-order valence-electron chi connectivity index (χ1n) is 6.82. The van der Waals surface area contributed by atoms with Gasteiger partial charge in [0, 0.05) is 6.54 Å². The molecule has 1 aliphatic heterocycles. The van der Waals surface area contributed by atoms with Crippen molar-refractivity contribution in [1.82, 2.24) is 10.6 Å². The Morgan fingerprint density at radius 2 is 2.00 bits per heavy atom. The van der Waals surface area contributed by atoms with Crippen molar-refractivity contribution in [3.8, 4) is 0 Å². The molecular weight excluding hydrogens is 312 g/mol. The molecule has 0 aromatic heterocycles. The minimum atomic E-state index is -3.19. The third kappa shape index (κ3) is 6.03. The number of carbonyl (C=O) groups excluding carboxylic acids is 1. The van der Waals surface area contributed by atoms with Gasteiger partial charge in [-0.15, -0.1) is 12.4 Å². The zero-order valence-corrected chi connectivity index (χ0v) is 13.4. The van der Waals surface area contributed by atoms with Gasteiger partial charge in [-0.1, -0.05) is 30.3 Å². The van der Waals surface area contributed by atoms with Crippen LogP contribution in [0.1, 0.15) is 18.4 Å². The first-order valence-corrected chi connectivity index (χ1v) is 8.64. The number of halogens is 1. The SMILES string of the molecule is Cl.O=C(NCCS(=O)(=O)Cc1ccccc1)C1CCCN1. The van der Waals surface area contributed by atoms with Crippen molar-refractivity contribution in [1.29, 1.82) is 0 Å². The van der Waals surface area contributed by atoms with Crippen LogP contribution in [-0.2, 0) is 20.4 Å². The number of benzene rings is 1. The molecule has 1 saturated heterocycles. The summed E-state index contributed by atoms with van der Waals surface area (Å²) >= 11 is 0. The second kappa shape index (κ2) is 8.36. The lowest BCUT2D eigenvalue weighted by atomic mass is 10.2. The highest BCUT2D eigenvalue weighted by molar-refractivity contribution is 7.90. The van der Waals surface area contributed by atoms with Gasteiger partial charge in [0.2, 0.25) is 5.91 Å². The summed E-state index contributed by atoms with van der Waals surface area (Å²) in [6.45, 7) is 1.02. The number of sulfone groups is 1. The summed E-state index contributed by atoms with van der Waals surface area (Å²) in [6.07, 6.45) is 1.81. The average molecular weight is 333 g/mol. The van der Waals surface area contributed by atoms with Crippen LogP contribution in [0.5, 0.6) is 0 Å². The molecule has 1 aliphatic rings. The van der Waals surface area contributed by atoms with Crippen LogP contribution in [-0.4, -0.2) is 39.2 Å². The molecule has 0 saturated carbocycles. The molecule has 118 valence electrons. The van der Waals surface area contributed by atoms with Crippen molar-refractivity contribution in [2.24, 2.45) is 0 Å². The van der Waals surface area contributed by atoms with Crippen LogP contribution in [0.2, 0.25) is 0 Å². The predicted molar refractivity (Wildman–Crippen MR) is 85.2 cm³/mol. The van der Waals surface area contributed by atoms with E-state index in [1.807, 2.05) is 18.2 Å². The zero-order valence-electron chi connectivity index (χ0n) is 11.7. The molecular formula is C14H21ClN2O3S. The topological polar surface area (TPSA) is 75.3 Å². The summed E-state index contributed by atoms with van der Waals surface area (Å²) in [5.41, 5.74) is 0.774. The molecule has 5 nitrogen and oxygen atoms in total. The maximum absolute atomic E-state index is 11.9. The van der Waals surface area contributed by atoms with Gasteiger partial charge in [0.15, 0.2) is 9.84 Å². The summed E-state index contributed by atoms with van der Waals surface area (Å²) in [7, 11) is -3.19. The Hall–Kier alpha value is -1.11. The molecule has 2 rings (SSSR count). The largest absolute Gasteiger partial charge is 0.354 e. The van der Waals surface area contributed by atoms with Crippen LogP contribution in [0.3, 0.4) is 0 Å². The van der Waals surface area contributed by atoms with E-state index in [4.69, 9.17) is 0 Å². The van der Waals surface area contributed by atoms with Crippen LogP contribution in [0.4, 0.5) is 0 Å². The number of hydrogen-bond acceptors (Lipinski definition) is 4. The van der Waals surface area contributed by atoms with Crippen molar-refractivity contribution in [3.05, 3.63) is 35.9 Å². The maximum atomic E-state index is 11.9. The monoisotopic (exact) mass is 332 g/mol. The first kappa shape index (κ1) is 17.9. The fraction of sp³-hybridized carbons (Fsp3) is 0.500. The Kier molecular flexibility index (Phi) is 7.14. The molecule has 1 unspecified atom stereocenters. The van der Waals surface area contributed by atoms with E-state index in [9.17, 15) is 13.2 Å². The van der Waals surface area contributed by atoms with Crippen LogP contribution < -0.4 is 10.6 Å². The normalized spacial score (nSPS) is 18.0. The van der Waals surface area contributed by atoms with Gasteiger partial charge in [0.25, 0.3) is 0 Å². The summed E-state index contributed by atoms with van der Waals surface area (Å²) in [5, 5.41) is 5.77. The van der Waals surface area contributed by atoms with Crippen LogP contribution in [0.15, 0.2) is 30.3 Å². The van der Waals surface area contributed by atoms with Crippen molar-refractivity contribution in [2.75, 3.05) is 18.8 Å². The highest BCUT2D eigenvalue weighted by Crippen LogP contribution is 2.06. The van der Waals surface area contributed by atoms with E-state index in [-0.39, 0.29) is 42.4 Å². The maximum Gasteiger partial charge on any atom is 0.237 e. The number of hydrogen-bond donors (Lipinski definition) is 2. The smallest absolute Gasteiger partial charge is 0.237 e. The Balaban J connectivity index is 0.00000220. The Bertz CT molecular complexity index is 543. The summed E-state index contributed by atoms with van der Waals surface area (Å²) in [4.78, 5) is 11.7. The van der Waals surface area contributed by atoms with Crippen LogP contribution >= 0.6 is 12.4 Å². The molecule has 1 aromatic carbocycles. The molecule has 1 fully saturated rings. The van der Waals surface area contributed by atoms with Crippen LogP contribution in [0, 0.1) is 0 Å². The van der Waals surface area contributed by atoms with E-state index in [1.165, 1.54) is 0 Å². The van der Waals surface area contributed by atoms with Gasteiger partial charge in [0.05, 0.1) is 17.5 Å². The van der Waals surface area contributed by atoms with E-state index in [2.05, 4.69) is 10.6 Å². The third-order valence-electron chi connectivity index (χ3n) is 3.32. The second-order valence-corrected chi connectivity index (χ2v) is 7.20. The van der Waals surface area contributed by atoms with E-state index in [0.29, 0.717) is 0 Å². The van der Waals surface area contributed by atoms with E-state index in [0.717, 1.165) is 24.9 Å². The summed E-state index contributed by atoms with van der Waals surface area (Å²) in [6, 6.07) is 8.91. The molecule has 1 amide bonds. The molecule has 7 heteroatoms. The Morgan fingerprint density at radius 3 is 2.62 bits per heavy atom. The average Bonchev–Trinajstić information content (AvgIpc) is 2.93. The van der Waals surface area contributed by atoms with Crippen LogP contribution in [0.25, 0.3) is 0 Å². The van der Waals surface area contributed by atoms with Gasteiger partial charge < -0.3 is 10.6 Å². The Morgan fingerprint density at radius 1 is 1.29 bits per heavy atom. The Labute approximate surface area is 131 Å². The minimum absolute atomic E-state index is 0. The number of rotatable bonds is 6. The van der Waals surface area contributed by atoms with Gasteiger partial charge in [-0.25, -0.2) is 8.42 Å². The quantitative estimate of drug-likeness (QED) is 0.811. The van der Waals surface area contributed by atoms with Crippen molar-refractivity contribution in [3.63, 3.8) is 0 Å². The summed E-state index contributed by atoms with van der Waals surface area (Å²) < 4.78 is 23.9. The van der Waals surface area contributed by atoms with Gasteiger partial charge >= 0.3 is 0 Å². The standard InChI is InChI=1S/C14H20N2O3S.ClH/c17-14(13-7-4-8-15-13)16-9-10-20(18,19)11-12-5-2-1-3-6-12;/h1-3,5-6,13,15H,4,7-11H2,(H,16,17);1H. The molecule has 1 heterocycles. The molecule has 1 atom stereocenters. The molecule has 21 heavy (non-hydrogen) atoms. The van der Waals surface area contributed by atoms with E-state index in [1.54, 1.807) is 12.1 Å². The highest BCUT2D eigenvalue weighted by atomic mass is 35.5. The number of amides is 1. The lowest BCUT2D eigenvalue weighted by Gasteiger charge is -2.11. The first-order chi connectivity index (χ1) is 9.57. The molecule has 1 aromatic rings. The fourth-order valence-electron chi connectivity index (χ4n) is 2.26. The van der Waals surface area contributed by atoms with Gasteiger partial charge in [0.1, 0.15) is 0 Å². The molecule has 0 bridgehead atoms. The molecule has 2 N–H and O–H groups in total. The van der Waals surface area contributed by atoms with Crippen molar-refractivity contribution < 1.29 is 13.2 Å². The third-order valence-corrected chi connectivity index (χ3v) is 4.92. The van der Waals surface area contributed by atoms with Gasteiger partial charge in [-0.3, -0.25) is 4.79 Å². The van der Waals surface area contributed by atoms with Crippen molar-refractivity contribution in [2.45, 2.75) is 24.6 Å². The fourth-order valence-corrected chi connectivity index (χ4v) is 3.52. The lowest BCUT2D eigenvalue weighted by molar-refractivity contribution is -0.122. The highest BCUT2D eigenvalue weighted by Gasteiger charge is 2.22. The predicted octanol–water partition coefficient (Wildman–Crippen LogP) is 0.891. The van der Waals surface area contributed by atoms with Crippen molar-refractivity contribution >= 4 is 28.2 Å². The van der Waals surface area contributed by atoms with Gasteiger partial charge in [-0.2, -0.15) is 0 Å². The number of nitrogens with one attached hydrogen (secondary N) is 2. The lowest BCUT2D eigenvalue weighted by Crippen LogP contribution is -2.42. The summed E-state index contributed by atoms with van der Waals surface area (Å²) in [5.74, 6) is -0.108.